The molecular weight excluding hydrogens is 390 g/mol. The lowest BCUT2D eigenvalue weighted by molar-refractivity contribution is -0.127. The predicted octanol–water partition coefficient (Wildman–Crippen LogP) is 3.85. The van der Waals surface area contributed by atoms with Crippen molar-refractivity contribution < 1.29 is 19.1 Å². The molecule has 0 aliphatic heterocycles. The molecule has 0 bridgehead atoms. The number of esters is 1. The summed E-state index contributed by atoms with van der Waals surface area (Å²) in [6, 6.07) is 7.35. The normalized spacial score (nSPS) is 12.2. The van der Waals surface area contributed by atoms with Crippen molar-refractivity contribution in [2.75, 3.05) is 0 Å². The van der Waals surface area contributed by atoms with Crippen LogP contribution in [-0.4, -0.2) is 34.5 Å². The Hall–Kier alpha value is -2.74. The number of hydrogen-bond acceptors (Lipinski definition) is 6. The number of ether oxygens (including phenoxy) is 1. The molecule has 1 heterocycles. The van der Waals surface area contributed by atoms with Crippen LogP contribution in [0.25, 0.3) is 10.6 Å². The third-order valence-electron chi connectivity index (χ3n) is 3.97. The Morgan fingerprint density at radius 1 is 1.17 bits per heavy atom. The summed E-state index contributed by atoms with van der Waals surface area (Å²) in [5.74, 6) is -1.34. The van der Waals surface area contributed by atoms with Crippen molar-refractivity contribution in [1.29, 1.82) is 0 Å². The number of rotatable bonds is 5. The summed E-state index contributed by atoms with van der Waals surface area (Å²) in [5, 5.41) is 5.49. The fourth-order valence-electron chi connectivity index (χ4n) is 2.45. The first-order chi connectivity index (χ1) is 13.5. The van der Waals surface area contributed by atoms with Crippen LogP contribution < -0.4 is 10.6 Å². The van der Waals surface area contributed by atoms with Gasteiger partial charge in [-0.1, -0.05) is 31.2 Å². The summed E-state index contributed by atoms with van der Waals surface area (Å²) in [4.78, 5) is 41.2. The first-order valence-electron chi connectivity index (χ1n) is 9.41. The van der Waals surface area contributed by atoms with Gasteiger partial charge in [-0.3, -0.25) is 10.1 Å². The highest BCUT2D eigenvalue weighted by atomic mass is 32.1. The minimum absolute atomic E-state index is 0.332. The van der Waals surface area contributed by atoms with E-state index in [1.807, 2.05) is 24.3 Å². The minimum atomic E-state index is -1.12. The molecule has 0 aliphatic carbocycles. The van der Waals surface area contributed by atoms with Crippen molar-refractivity contribution in [2.24, 2.45) is 0 Å². The van der Waals surface area contributed by atoms with Crippen LogP contribution in [0, 0.1) is 6.92 Å². The van der Waals surface area contributed by atoms with Crippen molar-refractivity contribution in [2.45, 2.75) is 59.6 Å². The Balaban J connectivity index is 2.03. The van der Waals surface area contributed by atoms with Crippen LogP contribution in [0.3, 0.4) is 0 Å². The van der Waals surface area contributed by atoms with E-state index in [-0.39, 0.29) is 0 Å². The van der Waals surface area contributed by atoms with Crippen LogP contribution >= 0.6 is 11.3 Å². The highest BCUT2D eigenvalue weighted by Gasteiger charge is 2.25. The van der Waals surface area contributed by atoms with E-state index >= 15 is 0 Å². The molecule has 0 spiro atoms. The quantitative estimate of drug-likeness (QED) is 0.720. The van der Waals surface area contributed by atoms with E-state index in [1.54, 1.807) is 27.7 Å². The first kappa shape index (κ1) is 22.5. The van der Waals surface area contributed by atoms with E-state index in [2.05, 4.69) is 22.5 Å². The van der Waals surface area contributed by atoms with Gasteiger partial charge in [-0.15, -0.1) is 11.3 Å². The molecule has 1 aromatic heterocycles. The van der Waals surface area contributed by atoms with Crippen molar-refractivity contribution in [3.8, 4) is 10.6 Å². The van der Waals surface area contributed by atoms with E-state index < -0.39 is 29.6 Å². The van der Waals surface area contributed by atoms with E-state index in [0.29, 0.717) is 15.6 Å². The molecule has 29 heavy (non-hydrogen) atoms. The monoisotopic (exact) mass is 417 g/mol. The van der Waals surface area contributed by atoms with Gasteiger partial charge in [-0.2, -0.15) is 0 Å². The number of urea groups is 1. The molecule has 0 unspecified atom stereocenters. The Kier molecular flexibility index (Phi) is 7.13. The first-order valence-corrected chi connectivity index (χ1v) is 10.2. The average molecular weight is 418 g/mol. The molecule has 2 rings (SSSR count). The van der Waals surface area contributed by atoms with Gasteiger partial charge in [-0.05, 0) is 46.6 Å². The lowest BCUT2D eigenvalue weighted by Gasteiger charge is -2.21. The van der Waals surface area contributed by atoms with Crippen LogP contribution in [0.5, 0.6) is 0 Å². The molecular formula is C21H27N3O4S. The number of hydrogen-bond donors (Lipinski definition) is 2. The Bertz CT molecular complexity index is 898. The number of thiazole rings is 1. The molecule has 156 valence electrons. The number of amides is 3. The molecule has 0 fully saturated rings. The molecule has 7 nitrogen and oxygen atoms in total. The van der Waals surface area contributed by atoms with Gasteiger partial charge in [0.2, 0.25) is 0 Å². The van der Waals surface area contributed by atoms with Gasteiger partial charge >= 0.3 is 12.0 Å². The SMILES string of the molecule is CCc1ccc(-c2nc(C)c(C(=O)O[C@H](C)C(=O)NC(=O)NC(C)(C)C)s2)cc1. The molecule has 0 saturated heterocycles. The molecule has 0 saturated carbocycles. The number of aryl methyl sites for hydroxylation is 2. The topological polar surface area (TPSA) is 97.4 Å². The van der Waals surface area contributed by atoms with Crippen molar-refractivity contribution in [1.82, 2.24) is 15.6 Å². The van der Waals surface area contributed by atoms with Gasteiger partial charge in [0.25, 0.3) is 5.91 Å². The Morgan fingerprint density at radius 2 is 1.79 bits per heavy atom. The summed E-state index contributed by atoms with van der Waals surface area (Å²) >= 11 is 1.21. The molecule has 2 N–H and O–H groups in total. The number of imide groups is 1. The largest absolute Gasteiger partial charge is 0.448 e. The summed E-state index contributed by atoms with van der Waals surface area (Å²) in [5.41, 5.74) is 2.18. The maximum atomic E-state index is 12.5. The molecule has 1 aromatic carbocycles. The second-order valence-corrected chi connectivity index (χ2v) is 8.72. The smallest absolute Gasteiger partial charge is 0.351 e. The second-order valence-electron chi connectivity index (χ2n) is 7.72. The standard InChI is InChI=1S/C21H27N3O4S/c1-7-14-8-10-15(11-9-14)18-22-12(2)16(29-18)19(26)28-13(3)17(25)23-20(27)24-21(4,5)6/h8-11,13H,7H2,1-6H3,(H2,23,24,25,27)/t13-/m1/s1. The summed E-state index contributed by atoms with van der Waals surface area (Å²) < 4.78 is 5.24. The fourth-order valence-corrected chi connectivity index (χ4v) is 3.40. The fraction of sp³-hybridized carbons (Fsp3) is 0.429. The second kappa shape index (κ2) is 9.17. The molecule has 0 aliphatic rings. The van der Waals surface area contributed by atoms with Crippen LogP contribution in [0.2, 0.25) is 0 Å². The van der Waals surface area contributed by atoms with Crippen molar-refractivity contribution in [3.05, 3.63) is 40.4 Å². The van der Waals surface area contributed by atoms with Gasteiger partial charge in [0.1, 0.15) is 9.88 Å². The number of nitrogens with zero attached hydrogens (tertiary/aromatic N) is 1. The van der Waals surface area contributed by atoms with Gasteiger partial charge < -0.3 is 10.1 Å². The van der Waals surface area contributed by atoms with Gasteiger partial charge in [0.05, 0.1) is 5.69 Å². The lowest BCUT2D eigenvalue weighted by Crippen LogP contribution is -2.50. The third-order valence-corrected chi connectivity index (χ3v) is 5.16. The van der Waals surface area contributed by atoms with Crippen LogP contribution in [0.1, 0.15) is 55.5 Å². The summed E-state index contributed by atoms with van der Waals surface area (Å²) in [6.45, 7) is 10.6. The van der Waals surface area contributed by atoms with E-state index in [4.69, 9.17) is 4.74 Å². The van der Waals surface area contributed by atoms with E-state index in [1.165, 1.54) is 23.8 Å². The number of carbonyl (C=O) groups is 3. The lowest BCUT2D eigenvalue weighted by atomic mass is 10.1. The van der Waals surface area contributed by atoms with Crippen molar-refractivity contribution in [3.63, 3.8) is 0 Å². The average Bonchev–Trinajstić information content (AvgIpc) is 3.01. The van der Waals surface area contributed by atoms with Crippen molar-refractivity contribution >= 4 is 29.2 Å². The molecule has 8 heteroatoms. The zero-order chi connectivity index (χ0) is 21.8. The van der Waals surface area contributed by atoms with E-state index in [0.717, 1.165) is 12.0 Å². The van der Waals surface area contributed by atoms with Crippen LogP contribution in [-0.2, 0) is 16.0 Å². The highest BCUT2D eigenvalue weighted by Crippen LogP contribution is 2.29. The predicted molar refractivity (Wildman–Crippen MR) is 113 cm³/mol. The third kappa shape index (κ3) is 6.39. The number of aromatic nitrogens is 1. The number of benzene rings is 1. The van der Waals surface area contributed by atoms with Gasteiger partial charge in [-0.25, -0.2) is 14.6 Å². The summed E-state index contributed by atoms with van der Waals surface area (Å²) in [6.07, 6.45) is -0.176. The van der Waals surface area contributed by atoms with Crippen LogP contribution in [0.15, 0.2) is 24.3 Å². The maximum Gasteiger partial charge on any atom is 0.351 e. The number of carbonyl (C=O) groups excluding carboxylic acids is 3. The number of nitrogens with one attached hydrogen (secondary N) is 2. The van der Waals surface area contributed by atoms with Gasteiger partial charge in [0.15, 0.2) is 6.10 Å². The maximum absolute atomic E-state index is 12.5. The highest BCUT2D eigenvalue weighted by molar-refractivity contribution is 7.17. The molecule has 2 aromatic rings. The van der Waals surface area contributed by atoms with Gasteiger partial charge in [0, 0.05) is 11.1 Å². The molecule has 0 radical (unpaired) electrons. The van der Waals surface area contributed by atoms with Crippen LogP contribution in [0.4, 0.5) is 4.79 Å². The Labute approximate surface area is 174 Å². The van der Waals surface area contributed by atoms with E-state index in [9.17, 15) is 14.4 Å². The minimum Gasteiger partial charge on any atom is -0.448 e. The zero-order valence-electron chi connectivity index (χ0n) is 17.6. The summed E-state index contributed by atoms with van der Waals surface area (Å²) in [7, 11) is 0. The zero-order valence-corrected chi connectivity index (χ0v) is 18.4. The molecule has 3 amide bonds. The molecule has 1 atom stereocenters. The Morgan fingerprint density at radius 3 is 2.34 bits per heavy atom.